The first-order valence-corrected chi connectivity index (χ1v) is 6.61. The van der Waals surface area contributed by atoms with Gasteiger partial charge in [0, 0.05) is 19.3 Å². The molecule has 1 aromatic rings. The van der Waals surface area contributed by atoms with Crippen molar-refractivity contribution in [3.63, 3.8) is 0 Å². The molecule has 1 saturated heterocycles. The van der Waals surface area contributed by atoms with Crippen LogP contribution in [0.15, 0.2) is 18.3 Å². The first-order valence-electron chi connectivity index (χ1n) is 6.61. The van der Waals surface area contributed by atoms with Crippen molar-refractivity contribution < 1.29 is 4.74 Å². The number of rotatable bonds is 6. The van der Waals surface area contributed by atoms with Gasteiger partial charge in [0.25, 0.3) is 0 Å². The summed E-state index contributed by atoms with van der Waals surface area (Å²) in [4.78, 5) is 4.17. The van der Waals surface area contributed by atoms with Crippen LogP contribution in [-0.2, 0) is 4.74 Å². The van der Waals surface area contributed by atoms with Crippen LogP contribution < -0.4 is 5.32 Å². The third-order valence-electron chi connectivity index (χ3n) is 3.20. The largest absolute Gasteiger partial charge is 0.378 e. The van der Waals surface area contributed by atoms with Crippen molar-refractivity contribution in [2.24, 2.45) is 0 Å². The number of anilines is 1. The minimum atomic E-state index is 0.481. The number of hydrogen-bond donors (Lipinski definition) is 1. The highest BCUT2D eigenvalue weighted by Gasteiger charge is 2.14. The van der Waals surface area contributed by atoms with Crippen molar-refractivity contribution in [1.82, 2.24) is 4.98 Å². The molecule has 1 aliphatic heterocycles. The van der Waals surface area contributed by atoms with Crippen LogP contribution in [0.25, 0.3) is 0 Å². The molecule has 0 spiro atoms. The minimum Gasteiger partial charge on any atom is -0.378 e. The standard InChI is InChI=1S/C14H19N3O/c15-11-12-5-3-9-17-14(12)16-8-2-1-6-13-7-4-10-18-13/h3,5,9,13H,1-2,4,6-8,10H2,(H,16,17). The van der Waals surface area contributed by atoms with Crippen LogP contribution in [-0.4, -0.2) is 24.2 Å². The predicted molar refractivity (Wildman–Crippen MR) is 70.3 cm³/mol. The molecule has 1 fully saturated rings. The van der Waals surface area contributed by atoms with Gasteiger partial charge in [-0.25, -0.2) is 4.98 Å². The summed E-state index contributed by atoms with van der Waals surface area (Å²) in [6, 6.07) is 5.69. The number of hydrogen-bond acceptors (Lipinski definition) is 4. The quantitative estimate of drug-likeness (QED) is 0.783. The molecule has 0 radical (unpaired) electrons. The van der Waals surface area contributed by atoms with E-state index in [1.165, 1.54) is 12.8 Å². The van der Waals surface area contributed by atoms with Crippen LogP contribution in [0.3, 0.4) is 0 Å². The van der Waals surface area contributed by atoms with Gasteiger partial charge in [-0.3, -0.25) is 0 Å². The third-order valence-corrected chi connectivity index (χ3v) is 3.20. The van der Waals surface area contributed by atoms with Crippen LogP contribution in [0.2, 0.25) is 0 Å². The molecule has 0 saturated carbocycles. The van der Waals surface area contributed by atoms with E-state index in [1.54, 1.807) is 18.3 Å². The molecular formula is C14H19N3O. The van der Waals surface area contributed by atoms with E-state index < -0.39 is 0 Å². The lowest BCUT2D eigenvalue weighted by atomic mass is 10.1. The van der Waals surface area contributed by atoms with E-state index in [1.807, 2.05) is 0 Å². The lowest BCUT2D eigenvalue weighted by Crippen LogP contribution is -2.08. The summed E-state index contributed by atoms with van der Waals surface area (Å²) in [5.41, 5.74) is 0.608. The fourth-order valence-corrected chi connectivity index (χ4v) is 2.21. The Morgan fingerprint density at radius 1 is 1.50 bits per heavy atom. The number of nitrogens with one attached hydrogen (secondary N) is 1. The van der Waals surface area contributed by atoms with E-state index in [4.69, 9.17) is 10.00 Å². The smallest absolute Gasteiger partial charge is 0.143 e. The van der Waals surface area contributed by atoms with Gasteiger partial charge in [0.2, 0.25) is 0 Å². The van der Waals surface area contributed by atoms with Gasteiger partial charge in [0.15, 0.2) is 0 Å². The van der Waals surface area contributed by atoms with Gasteiger partial charge in [-0.2, -0.15) is 5.26 Å². The summed E-state index contributed by atoms with van der Waals surface area (Å²) >= 11 is 0. The molecule has 2 rings (SSSR count). The van der Waals surface area contributed by atoms with E-state index in [-0.39, 0.29) is 0 Å². The lowest BCUT2D eigenvalue weighted by molar-refractivity contribution is 0.102. The molecule has 2 heterocycles. The van der Waals surface area contributed by atoms with Crippen LogP contribution in [0.5, 0.6) is 0 Å². The summed E-state index contributed by atoms with van der Waals surface area (Å²) < 4.78 is 5.58. The number of ether oxygens (including phenoxy) is 1. The summed E-state index contributed by atoms with van der Waals surface area (Å²) in [6.45, 7) is 1.79. The molecule has 4 heteroatoms. The Morgan fingerprint density at radius 2 is 2.44 bits per heavy atom. The number of aromatic nitrogens is 1. The third kappa shape index (κ3) is 3.71. The molecule has 0 aliphatic carbocycles. The zero-order valence-electron chi connectivity index (χ0n) is 10.6. The molecule has 96 valence electrons. The molecular weight excluding hydrogens is 226 g/mol. The Hall–Kier alpha value is -1.60. The van der Waals surface area contributed by atoms with E-state index in [0.717, 1.165) is 32.4 Å². The maximum absolute atomic E-state index is 8.92. The molecule has 4 nitrogen and oxygen atoms in total. The Balaban J connectivity index is 1.64. The van der Waals surface area contributed by atoms with Gasteiger partial charge in [0.05, 0.1) is 11.7 Å². The highest BCUT2D eigenvalue weighted by Crippen LogP contribution is 2.17. The summed E-state index contributed by atoms with van der Waals surface area (Å²) in [5.74, 6) is 0.692. The number of nitrogens with zero attached hydrogens (tertiary/aromatic N) is 2. The average molecular weight is 245 g/mol. The van der Waals surface area contributed by atoms with Crippen molar-refractivity contribution in [3.8, 4) is 6.07 Å². The fourth-order valence-electron chi connectivity index (χ4n) is 2.21. The first kappa shape index (κ1) is 12.8. The predicted octanol–water partition coefficient (Wildman–Crippen LogP) is 2.71. The summed E-state index contributed by atoms with van der Waals surface area (Å²) in [6.07, 6.45) is 8.00. The number of unbranched alkanes of at least 4 members (excludes halogenated alkanes) is 1. The molecule has 0 aromatic carbocycles. The monoisotopic (exact) mass is 245 g/mol. The number of nitriles is 1. The summed E-state index contributed by atoms with van der Waals surface area (Å²) in [5, 5.41) is 12.1. The Labute approximate surface area is 108 Å². The maximum atomic E-state index is 8.92. The van der Waals surface area contributed by atoms with Crippen LogP contribution in [0.1, 0.15) is 37.7 Å². The molecule has 0 amide bonds. The molecule has 1 atom stereocenters. The van der Waals surface area contributed by atoms with Gasteiger partial charge in [-0.1, -0.05) is 0 Å². The average Bonchev–Trinajstić information content (AvgIpc) is 2.92. The zero-order valence-corrected chi connectivity index (χ0v) is 10.6. The molecule has 1 unspecified atom stereocenters. The van der Waals surface area contributed by atoms with E-state index in [0.29, 0.717) is 17.5 Å². The van der Waals surface area contributed by atoms with E-state index in [2.05, 4.69) is 16.4 Å². The second-order valence-electron chi connectivity index (χ2n) is 4.57. The summed E-state index contributed by atoms with van der Waals surface area (Å²) in [7, 11) is 0. The van der Waals surface area contributed by atoms with Gasteiger partial charge in [0.1, 0.15) is 11.9 Å². The highest BCUT2D eigenvalue weighted by atomic mass is 16.5. The van der Waals surface area contributed by atoms with Crippen molar-refractivity contribution in [2.75, 3.05) is 18.5 Å². The van der Waals surface area contributed by atoms with Crippen LogP contribution in [0.4, 0.5) is 5.82 Å². The van der Waals surface area contributed by atoms with Crippen molar-refractivity contribution in [2.45, 2.75) is 38.2 Å². The molecule has 1 N–H and O–H groups in total. The topological polar surface area (TPSA) is 57.9 Å². The SMILES string of the molecule is N#Cc1cccnc1NCCCCC1CCCO1. The zero-order chi connectivity index (χ0) is 12.6. The van der Waals surface area contributed by atoms with Crippen LogP contribution >= 0.6 is 0 Å². The Morgan fingerprint density at radius 3 is 3.22 bits per heavy atom. The second-order valence-corrected chi connectivity index (χ2v) is 4.57. The molecule has 18 heavy (non-hydrogen) atoms. The molecule has 1 aliphatic rings. The molecule has 1 aromatic heterocycles. The highest BCUT2D eigenvalue weighted by molar-refractivity contribution is 5.50. The number of pyridine rings is 1. The normalized spacial score (nSPS) is 18.5. The van der Waals surface area contributed by atoms with Crippen molar-refractivity contribution >= 4 is 5.82 Å². The fraction of sp³-hybridized carbons (Fsp3) is 0.571. The van der Waals surface area contributed by atoms with Crippen molar-refractivity contribution in [3.05, 3.63) is 23.9 Å². The Kier molecular flexibility index (Phi) is 4.98. The lowest BCUT2D eigenvalue weighted by Gasteiger charge is -2.09. The van der Waals surface area contributed by atoms with Gasteiger partial charge in [-0.05, 0) is 44.2 Å². The van der Waals surface area contributed by atoms with E-state index >= 15 is 0 Å². The van der Waals surface area contributed by atoms with Gasteiger partial charge >= 0.3 is 0 Å². The first-order chi connectivity index (χ1) is 8.90. The molecule has 0 bridgehead atoms. The Bertz CT molecular complexity index is 408. The van der Waals surface area contributed by atoms with Crippen LogP contribution in [0, 0.1) is 11.3 Å². The van der Waals surface area contributed by atoms with Gasteiger partial charge in [-0.15, -0.1) is 0 Å². The minimum absolute atomic E-state index is 0.481. The van der Waals surface area contributed by atoms with Crippen molar-refractivity contribution in [1.29, 1.82) is 5.26 Å². The van der Waals surface area contributed by atoms with Gasteiger partial charge < -0.3 is 10.1 Å². The maximum Gasteiger partial charge on any atom is 0.143 e. The second kappa shape index (κ2) is 6.97. The van der Waals surface area contributed by atoms with E-state index in [9.17, 15) is 0 Å².